The van der Waals surface area contributed by atoms with Crippen molar-refractivity contribution in [3.8, 4) is 0 Å². The molecule has 1 unspecified atom stereocenters. The number of halogens is 2. The molecule has 0 radical (unpaired) electrons. The average molecular weight is 169 g/mol. The highest BCUT2D eigenvalue weighted by Crippen LogP contribution is 2.23. The van der Waals surface area contributed by atoms with Crippen LogP contribution >= 0.6 is 23.2 Å². The molecule has 54 valence electrons. The number of ketones is 1. The summed E-state index contributed by atoms with van der Waals surface area (Å²) in [6.45, 7) is 4.86. The summed E-state index contributed by atoms with van der Waals surface area (Å²) in [5.41, 5.74) is 0. The van der Waals surface area contributed by atoms with E-state index in [9.17, 15) is 4.79 Å². The van der Waals surface area contributed by atoms with E-state index in [0.717, 1.165) is 0 Å². The largest absolute Gasteiger partial charge is 0.298 e. The number of rotatable bonds is 2. The minimum Gasteiger partial charge on any atom is -0.298 e. The van der Waals surface area contributed by atoms with Crippen molar-refractivity contribution in [3.05, 3.63) is 0 Å². The molecule has 9 heavy (non-hydrogen) atoms. The quantitative estimate of drug-likeness (QED) is 0.579. The molecule has 0 aliphatic rings. The van der Waals surface area contributed by atoms with Gasteiger partial charge in [0.15, 0.2) is 0 Å². The van der Waals surface area contributed by atoms with Gasteiger partial charge in [-0.3, -0.25) is 4.79 Å². The number of hydrogen-bond donors (Lipinski definition) is 0. The smallest absolute Gasteiger partial charge is 0.149 e. The molecule has 0 aromatic heterocycles. The fourth-order valence-electron chi connectivity index (χ4n) is 0.483. The molecule has 0 bridgehead atoms. The first-order chi connectivity index (χ1) is 3.85. The summed E-state index contributed by atoms with van der Waals surface area (Å²) in [5.74, 6) is -0.0864. The van der Waals surface area contributed by atoms with Crippen LogP contribution in [0.15, 0.2) is 0 Å². The highest BCUT2D eigenvalue weighted by molar-refractivity contribution is 6.39. The summed E-state index contributed by atoms with van der Waals surface area (Å²) in [7, 11) is 0. The van der Waals surface area contributed by atoms with Crippen molar-refractivity contribution in [2.24, 2.45) is 0 Å². The minimum absolute atomic E-state index is 0.0864. The highest BCUT2D eigenvalue weighted by atomic mass is 35.5. The first kappa shape index (κ1) is 9.25. The van der Waals surface area contributed by atoms with E-state index in [1.54, 1.807) is 13.8 Å². The van der Waals surface area contributed by atoms with Crippen molar-refractivity contribution in [1.29, 1.82) is 0 Å². The van der Waals surface area contributed by atoms with Gasteiger partial charge in [0.2, 0.25) is 0 Å². The molecule has 0 aromatic rings. The third-order valence-corrected chi connectivity index (χ3v) is 2.14. The van der Waals surface area contributed by atoms with Crippen LogP contribution in [0.3, 0.4) is 0 Å². The van der Waals surface area contributed by atoms with E-state index in [1.165, 1.54) is 6.92 Å². The van der Waals surface area contributed by atoms with Crippen LogP contribution in [0, 0.1) is 0 Å². The number of Topliss-reactive ketones (excluding diaryl/α,β-unsaturated/α-hetero) is 1. The maximum absolute atomic E-state index is 10.6. The standard InChI is InChI=1S/C6H10Cl2O/c1-4(9)5(7)6(2,3)8/h5H,1-3H3. The second-order valence-corrected chi connectivity index (χ2v) is 3.95. The van der Waals surface area contributed by atoms with Crippen molar-refractivity contribution in [1.82, 2.24) is 0 Å². The molecule has 0 aliphatic carbocycles. The summed E-state index contributed by atoms with van der Waals surface area (Å²) in [4.78, 5) is 9.94. The first-order valence-electron chi connectivity index (χ1n) is 2.69. The Kier molecular flexibility index (Phi) is 2.97. The van der Waals surface area contributed by atoms with Gasteiger partial charge in [0.05, 0.1) is 4.87 Å². The van der Waals surface area contributed by atoms with Gasteiger partial charge in [-0.15, -0.1) is 23.2 Å². The average Bonchev–Trinajstić information content (AvgIpc) is 1.62. The van der Waals surface area contributed by atoms with Crippen molar-refractivity contribution < 1.29 is 4.79 Å². The van der Waals surface area contributed by atoms with Crippen molar-refractivity contribution in [3.63, 3.8) is 0 Å². The predicted octanol–water partition coefficient (Wildman–Crippen LogP) is 2.20. The molecule has 0 amide bonds. The normalized spacial score (nSPS) is 15.2. The van der Waals surface area contributed by atoms with E-state index >= 15 is 0 Å². The SMILES string of the molecule is CC(=O)C(Cl)C(C)(C)Cl. The molecule has 0 aliphatic heterocycles. The van der Waals surface area contributed by atoms with Crippen LogP contribution in [-0.2, 0) is 4.79 Å². The molecule has 1 atom stereocenters. The van der Waals surface area contributed by atoms with E-state index in [1.807, 2.05) is 0 Å². The summed E-state index contributed by atoms with van der Waals surface area (Å²) in [6.07, 6.45) is 0. The molecule has 0 rings (SSSR count). The second-order valence-electron chi connectivity index (χ2n) is 2.54. The molecular weight excluding hydrogens is 159 g/mol. The Bertz CT molecular complexity index is 115. The van der Waals surface area contributed by atoms with Gasteiger partial charge >= 0.3 is 0 Å². The number of carbonyl (C=O) groups is 1. The topological polar surface area (TPSA) is 17.1 Å². The monoisotopic (exact) mass is 168 g/mol. The Labute approximate surface area is 65.3 Å². The molecule has 0 spiro atoms. The minimum atomic E-state index is -0.632. The predicted molar refractivity (Wildman–Crippen MR) is 40.3 cm³/mol. The van der Waals surface area contributed by atoms with Crippen molar-refractivity contribution >= 4 is 29.0 Å². The van der Waals surface area contributed by atoms with Crippen LogP contribution in [0.1, 0.15) is 20.8 Å². The van der Waals surface area contributed by atoms with Crippen LogP contribution in [0.5, 0.6) is 0 Å². The molecular formula is C6H10Cl2O. The molecule has 0 fully saturated rings. The maximum Gasteiger partial charge on any atom is 0.149 e. The summed E-state index contributed by atoms with van der Waals surface area (Å²) in [5, 5.41) is -0.584. The fraction of sp³-hybridized carbons (Fsp3) is 0.833. The zero-order valence-corrected chi connectivity index (χ0v) is 7.25. The third-order valence-electron chi connectivity index (χ3n) is 0.960. The van der Waals surface area contributed by atoms with Gasteiger partial charge in [-0.25, -0.2) is 0 Å². The van der Waals surface area contributed by atoms with Gasteiger partial charge in [-0.1, -0.05) is 0 Å². The lowest BCUT2D eigenvalue weighted by Gasteiger charge is -2.19. The van der Waals surface area contributed by atoms with E-state index in [4.69, 9.17) is 23.2 Å². The Morgan fingerprint density at radius 2 is 1.89 bits per heavy atom. The lowest BCUT2D eigenvalue weighted by molar-refractivity contribution is -0.117. The van der Waals surface area contributed by atoms with E-state index in [2.05, 4.69) is 0 Å². The summed E-state index contributed by atoms with van der Waals surface area (Å²) >= 11 is 11.3. The lowest BCUT2D eigenvalue weighted by Crippen LogP contribution is -2.31. The van der Waals surface area contributed by atoms with Crippen LogP contribution in [-0.4, -0.2) is 16.0 Å². The van der Waals surface area contributed by atoms with Gasteiger partial charge in [-0.05, 0) is 20.8 Å². The Balaban J connectivity index is 4.04. The third kappa shape index (κ3) is 3.07. The van der Waals surface area contributed by atoms with Crippen LogP contribution in [0.25, 0.3) is 0 Å². The molecule has 0 saturated carbocycles. The molecule has 0 aromatic carbocycles. The van der Waals surface area contributed by atoms with Crippen molar-refractivity contribution in [2.45, 2.75) is 31.0 Å². The second kappa shape index (κ2) is 2.89. The van der Waals surface area contributed by atoms with E-state index in [0.29, 0.717) is 0 Å². The Morgan fingerprint density at radius 3 is 1.89 bits per heavy atom. The first-order valence-corrected chi connectivity index (χ1v) is 3.50. The van der Waals surface area contributed by atoms with Gasteiger partial charge < -0.3 is 0 Å². The zero-order chi connectivity index (χ0) is 7.65. The van der Waals surface area contributed by atoms with Gasteiger partial charge in [-0.2, -0.15) is 0 Å². The molecule has 1 nitrogen and oxygen atoms in total. The summed E-state index contributed by atoms with van der Waals surface area (Å²) in [6, 6.07) is 0. The van der Waals surface area contributed by atoms with Crippen LogP contribution in [0.4, 0.5) is 0 Å². The van der Waals surface area contributed by atoms with Gasteiger partial charge in [0.25, 0.3) is 0 Å². The molecule has 0 heterocycles. The number of alkyl halides is 2. The van der Waals surface area contributed by atoms with Gasteiger partial charge in [0.1, 0.15) is 11.2 Å². The lowest BCUT2D eigenvalue weighted by atomic mass is 10.1. The number of hydrogen-bond acceptors (Lipinski definition) is 1. The summed E-state index contributed by atoms with van der Waals surface area (Å²) < 4.78 is 0. The fourth-order valence-corrected chi connectivity index (χ4v) is 0.637. The molecule has 3 heteroatoms. The van der Waals surface area contributed by atoms with Crippen LogP contribution in [0.2, 0.25) is 0 Å². The highest BCUT2D eigenvalue weighted by Gasteiger charge is 2.28. The maximum atomic E-state index is 10.6. The Hall–Kier alpha value is 0.250. The van der Waals surface area contributed by atoms with E-state index < -0.39 is 10.3 Å². The molecule has 0 N–H and O–H groups in total. The zero-order valence-electron chi connectivity index (χ0n) is 5.74. The molecule has 0 saturated heterocycles. The number of carbonyl (C=O) groups excluding carboxylic acids is 1. The van der Waals surface area contributed by atoms with Crippen molar-refractivity contribution in [2.75, 3.05) is 0 Å². The van der Waals surface area contributed by atoms with E-state index in [-0.39, 0.29) is 5.78 Å². The Morgan fingerprint density at radius 1 is 1.56 bits per heavy atom. The van der Waals surface area contributed by atoms with Crippen LogP contribution < -0.4 is 0 Å². The van der Waals surface area contributed by atoms with Gasteiger partial charge in [0, 0.05) is 0 Å².